The Kier molecular flexibility index (Phi) is 3.07. The molecule has 17 heavy (non-hydrogen) atoms. The van der Waals surface area contributed by atoms with Crippen LogP contribution < -0.4 is 10.6 Å². The summed E-state index contributed by atoms with van der Waals surface area (Å²) >= 11 is 5.75. The minimum absolute atomic E-state index is 0.0845. The Hall–Kier alpha value is -1.55. The topological polar surface area (TPSA) is 58.2 Å². The van der Waals surface area contributed by atoms with Crippen LogP contribution in [0.3, 0.4) is 0 Å². The number of benzene rings is 1. The molecule has 0 aliphatic carbocycles. The highest BCUT2D eigenvalue weighted by Crippen LogP contribution is 2.27. The van der Waals surface area contributed by atoms with Crippen molar-refractivity contribution in [1.82, 2.24) is 5.32 Å². The molecule has 1 unspecified atom stereocenters. The van der Waals surface area contributed by atoms with Crippen LogP contribution in [0.15, 0.2) is 24.3 Å². The van der Waals surface area contributed by atoms with Gasteiger partial charge in [-0.15, -0.1) is 0 Å². The Morgan fingerprint density at radius 2 is 2.06 bits per heavy atom. The van der Waals surface area contributed by atoms with Gasteiger partial charge in [-0.3, -0.25) is 9.59 Å². The molecule has 4 nitrogen and oxygen atoms in total. The van der Waals surface area contributed by atoms with Crippen LogP contribution in [-0.2, 0) is 9.59 Å². The lowest BCUT2D eigenvalue weighted by Gasteiger charge is -2.20. The smallest absolute Gasteiger partial charge is 0.232 e. The van der Waals surface area contributed by atoms with Gasteiger partial charge in [0.25, 0.3) is 0 Å². The van der Waals surface area contributed by atoms with E-state index in [9.17, 15) is 9.59 Å². The molecule has 5 heteroatoms. The predicted molar refractivity (Wildman–Crippen MR) is 65.8 cm³/mol. The molecule has 2 rings (SSSR count). The Morgan fingerprint density at radius 3 is 2.59 bits per heavy atom. The first-order valence-electron chi connectivity index (χ1n) is 5.33. The van der Waals surface area contributed by atoms with Gasteiger partial charge in [0.15, 0.2) is 0 Å². The van der Waals surface area contributed by atoms with E-state index >= 15 is 0 Å². The van der Waals surface area contributed by atoms with Crippen LogP contribution in [0.25, 0.3) is 0 Å². The van der Waals surface area contributed by atoms with E-state index in [0.717, 1.165) is 0 Å². The highest BCUT2D eigenvalue weighted by molar-refractivity contribution is 6.30. The SMILES string of the molecule is CC1(C(=O)Nc2ccc(Cl)cc2)CNC(=O)C1. The molecular formula is C12H13ClN2O2. The standard InChI is InChI=1S/C12H13ClN2O2/c1-12(6-10(16)14-7-12)11(17)15-9-4-2-8(13)3-5-9/h2-5H,6-7H2,1H3,(H,14,16)(H,15,17). The van der Waals surface area contributed by atoms with Crippen molar-refractivity contribution < 1.29 is 9.59 Å². The normalized spacial score (nSPS) is 23.3. The zero-order valence-corrected chi connectivity index (χ0v) is 10.2. The zero-order valence-electron chi connectivity index (χ0n) is 9.42. The van der Waals surface area contributed by atoms with E-state index in [-0.39, 0.29) is 18.2 Å². The molecule has 1 aliphatic rings. The largest absolute Gasteiger partial charge is 0.355 e. The maximum atomic E-state index is 12.0. The Bertz CT molecular complexity index is 458. The molecular weight excluding hydrogens is 240 g/mol. The van der Waals surface area contributed by atoms with Gasteiger partial charge in [0, 0.05) is 23.7 Å². The number of anilines is 1. The summed E-state index contributed by atoms with van der Waals surface area (Å²) < 4.78 is 0. The van der Waals surface area contributed by atoms with Crippen LogP contribution in [-0.4, -0.2) is 18.4 Å². The van der Waals surface area contributed by atoms with Gasteiger partial charge < -0.3 is 10.6 Å². The molecule has 0 saturated carbocycles. The molecule has 1 saturated heterocycles. The highest BCUT2D eigenvalue weighted by atomic mass is 35.5. The van der Waals surface area contributed by atoms with Crippen molar-refractivity contribution in [2.45, 2.75) is 13.3 Å². The molecule has 1 fully saturated rings. The number of hydrogen-bond donors (Lipinski definition) is 2. The van der Waals surface area contributed by atoms with Gasteiger partial charge in [-0.25, -0.2) is 0 Å². The van der Waals surface area contributed by atoms with Crippen LogP contribution in [0, 0.1) is 5.41 Å². The van der Waals surface area contributed by atoms with E-state index in [0.29, 0.717) is 17.3 Å². The predicted octanol–water partition coefficient (Wildman–Crippen LogP) is 1.80. The maximum Gasteiger partial charge on any atom is 0.232 e. The fourth-order valence-electron chi connectivity index (χ4n) is 1.75. The second-order valence-electron chi connectivity index (χ2n) is 4.48. The van der Waals surface area contributed by atoms with E-state index in [2.05, 4.69) is 10.6 Å². The third-order valence-corrected chi connectivity index (χ3v) is 3.13. The minimum atomic E-state index is -0.670. The maximum absolute atomic E-state index is 12.0. The number of nitrogens with one attached hydrogen (secondary N) is 2. The molecule has 1 aromatic rings. The fraction of sp³-hybridized carbons (Fsp3) is 0.333. The average molecular weight is 253 g/mol. The van der Waals surface area contributed by atoms with E-state index in [1.165, 1.54) is 0 Å². The van der Waals surface area contributed by atoms with Crippen molar-refractivity contribution in [2.75, 3.05) is 11.9 Å². The number of rotatable bonds is 2. The first-order chi connectivity index (χ1) is 7.99. The van der Waals surface area contributed by atoms with E-state index in [1.807, 2.05) is 0 Å². The van der Waals surface area contributed by atoms with Crippen LogP contribution >= 0.6 is 11.6 Å². The lowest BCUT2D eigenvalue weighted by Crippen LogP contribution is -2.35. The van der Waals surface area contributed by atoms with E-state index in [1.54, 1.807) is 31.2 Å². The van der Waals surface area contributed by atoms with Gasteiger partial charge in [0.05, 0.1) is 5.41 Å². The molecule has 0 spiro atoms. The Morgan fingerprint density at radius 1 is 1.41 bits per heavy atom. The second kappa shape index (κ2) is 4.37. The molecule has 0 radical (unpaired) electrons. The molecule has 1 aromatic carbocycles. The quantitative estimate of drug-likeness (QED) is 0.843. The number of carbonyl (C=O) groups is 2. The van der Waals surface area contributed by atoms with Gasteiger partial charge in [-0.05, 0) is 31.2 Å². The summed E-state index contributed by atoms with van der Waals surface area (Å²) in [7, 11) is 0. The molecule has 90 valence electrons. The van der Waals surface area contributed by atoms with E-state index in [4.69, 9.17) is 11.6 Å². The van der Waals surface area contributed by atoms with Gasteiger partial charge in [0.1, 0.15) is 0 Å². The van der Waals surface area contributed by atoms with Crippen LogP contribution in [0.2, 0.25) is 5.02 Å². The minimum Gasteiger partial charge on any atom is -0.355 e. The molecule has 1 atom stereocenters. The van der Waals surface area contributed by atoms with Crippen LogP contribution in [0.5, 0.6) is 0 Å². The van der Waals surface area contributed by atoms with Crippen molar-refractivity contribution in [1.29, 1.82) is 0 Å². The summed E-state index contributed by atoms with van der Waals surface area (Å²) in [5.41, 5.74) is 0.0106. The molecule has 1 heterocycles. The first-order valence-corrected chi connectivity index (χ1v) is 5.71. The van der Waals surface area contributed by atoms with Crippen molar-refractivity contribution in [2.24, 2.45) is 5.41 Å². The summed E-state index contributed by atoms with van der Waals surface area (Å²) in [5.74, 6) is -0.239. The summed E-state index contributed by atoms with van der Waals surface area (Å²) in [6.07, 6.45) is 0.229. The number of halogens is 1. The summed E-state index contributed by atoms with van der Waals surface area (Å²) in [6.45, 7) is 2.15. The van der Waals surface area contributed by atoms with Gasteiger partial charge in [-0.1, -0.05) is 11.6 Å². The van der Waals surface area contributed by atoms with Crippen molar-refractivity contribution >= 4 is 29.1 Å². The third kappa shape index (κ3) is 2.58. The van der Waals surface area contributed by atoms with Gasteiger partial charge in [0.2, 0.25) is 11.8 Å². The molecule has 1 aliphatic heterocycles. The van der Waals surface area contributed by atoms with Crippen molar-refractivity contribution in [3.8, 4) is 0 Å². The average Bonchev–Trinajstić information content (AvgIpc) is 2.63. The first kappa shape index (κ1) is 11.9. The Labute approximate surface area is 104 Å². The molecule has 2 amide bonds. The number of hydrogen-bond acceptors (Lipinski definition) is 2. The van der Waals surface area contributed by atoms with Gasteiger partial charge >= 0.3 is 0 Å². The highest BCUT2D eigenvalue weighted by Gasteiger charge is 2.40. The van der Waals surface area contributed by atoms with Crippen molar-refractivity contribution in [3.05, 3.63) is 29.3 Å². The summed E-state index contributed by atoms with van der Waals surface area (Å²) in [6, 6.07) is 6.87. The van der Waals surface area contributed by atoms with Gasteiger partial charge in [-0.2, -0.15) is 0 Å². The molecule has 2 N–H and O–H groups in total. The fourth-order valence-corrected chi connectivity index (χ4v) is 1.87. The number of amides is 2. The molecule has 0 bridgehead atoms. The van der Waals surface area contributed by atoms with Crippen LogP contribution in [0.1, 0.15) is 13.3 Å². The monoisotopic (exact) mass is 252 g/mol. The summed E-state index contributed by atoms with van der Waals surface area (Å²) in [5, 5.41) is 6.06. The number of carbonyl (C=O) groups excluding carboxylic acids is 2. The zero-order chi connectivity index (χ0) is 12.5. The second-order valence-corrected chi connectivity index (χ2v) is 4.91. The third-order valence-electron chi connectivity index (χ3n) is 2.88. The van der Waals surface area contributed by atoms with E-state index < -0.39 is 5.41 Å². The van der Waals surface area contributed by atoms with Crippen molar-refractivity contribution in [3.63, 3.8) is 0 Å². The molecule has 0 aromatic heterocycles. The van der Waals surface area contributed by atoms with Crippen LogP contribution in [0.4, 0.5) is 5.69 Å². The lowest BCUT2D eigenvalue weighted by molar-refractivity contribution is -0.126. The lowest BCUT2D eigenvalue weighted by atomic mass is 9.88. The summed E-state index contributed by atoms with van der Waals surface area (Å²) in [4.78, 5) is 23.2. The Balaban J connectivity index is 2.06.